The zero-order valence-electron chi connectivity index (χ0n) is 13.8. The topological polar surface area (TPSA) is 51.0 Å². The molecule has 2 rings (SSSR count). The fraction of sp³-hybridized carbons (Fsp3) is 0.353. The first kappa shape index (κ1) is 17.3. The molecule has 1 amide bonds. The number of hydrogen-bond donors (Lipinski definition) is 0. The molecule has 0 N–H and O–H groups in total. The van der Waals surface area contributed by atoms with Gasteiger partial charge in [0, 0.05) is 18.8 Å². The molecular formula is C17H22N4OS. The maximum absolute atomic E-state index is 12.8. The van der Waals surface area contributed by atoms with E-state index in [2.05, 4.69) is 16.8 Å². The highest BCUT2D eigenvalue weighted by molar-refractivity contribution is 8.00. The number of anilines is 1. The number of allylic oxidation sites excluding steroid dienone is 1. The standard InChI is InChI=1S/C17H22N4OS/c1-5-12-21-14(4)18-19-17(21)23-13(3)16(22)20(6-2)15-10-8-7-9-11-15/h5,7-11,13H,1,6,12H2,2-4H3. The van der Waals surface area contributed by atoms with Crippen LogP contribution in [-0.2, 0) is 11.3 Å². The Hall–Kier alpha value is -2.08. The smallest absolute Gasteiger partial charge is 0.240 e. The van der Waals surface area contributed by atoms with E-state index in [9.17, 15) is 4.79 Å². The molecule has 0 bridgehead atoms. The molecule has 6 heteroatoms. The minimum atomic E-state index is -0.248. The van der Waals surface area contributed by atoms with Crippen LogP contribution >= 0.6 is 11.8 Å². The number of aromatic nitrogens is 3. The number of amides is 1. The minimum Gasteiger partial charge on any atom is -0.312 e. The van der Waals surface area contributed by atoms with Crippen LogP contribution in [0.3, 0.4) is 0 Å². The van der Waals surface area contributed by atoms with E-state index in [1.54, 1.807) is 11.0 Å². The van der Waals surface area contributed by atoms with Crippen molar-refractivity contribution >= 4 is 23.4 Å². The minimum absolute atomic E-state index is 0.0644. The SMILES string of the molecule is C=CCn1c(C)nnc1SC(C)C(=O)N(CC)c1ccccc1. The van der Waals surface area contributed by atoms with Crippen molar-refractivity contribution in [3.8, 4) is 0 Å². The molecule has 2 aromatic rings. The molecule has 122 valence electrons. The Morgan fingerprint density at radius 3 is 2.70 bits per heavy atom. The summed E-state index contributed by atoms with van der Waals surface area (Å²) in [6, 6.07) is 9.72. The van der Waals surface area contributed by atoms with Gasteiger partial charge in [-0.3, -0.25) is 4.79 Å². The third-order valence-electron chi connectivity index (χ3n) is 3.49. The molecule has 0 aliphatic rings. The summed E-state index contributed by atoms with van der Waals surface area (Å²) in [5.74, 6) is 0.886. The molecule has 23 heavy (non-hydrogen) atoms. The van der Waals surface area contributed by atoms with Gasteiger partial charge < -0.3 is 9.47 Å². The fourth-order valence-corrected chi connectivity index (χ4v) is 3.26. The zero-order valence-corrected chi connectivity index (χ0v) is 14.6. The van der Waals surface area contributed by atoms with Crippen molar-refractivity contribution in [2.24, 2.45) is 0 Å². The highest BCUT2D eigenvalue weighted by Gasteiger charge is 2.24. The molecule has 0 saturated heterocycles. The van der Waals surface area contributed by atoms with Gasteiger partial charge in [-0.05, 0) is 32.9 Å². The lowest BCUT2D eigenvalue weighted by molar-refractivity contribution is -0.117. The van der Waals surface area contributed by atoms with Gasteiger partial charge in [0.1, 0.15) is 5.82 Å². The molecule has 1 aromatic carbocycles. The maximum atomic E-state index is 12.8. The molecule has 0 saturated carbocycles. The summed E-state index contributed by atoms with van der Waals surface area (Å²) in [4.78, 5) is 14.6. The molecule has 0 aliphatic carbocycles. The van der Waals surface area contributed by atoms with Crippen molar-refractivity contribution in [3.63, 3.8) is 0 Å². The second kappa shape index (κ2) is 7.97. The van der Waals surface area contributed by atoms with Crippen LogP contribution in [0.1, 0.15) is 19.7 Å². The lowest BCUT2D eigenvalue weighted by atomic mass is 10.2. The number of thioether (sulfide) groups is 1. The van der Waals surface area contributed by atoms with Crippen LogP contribution in [0.4, 0.5) is 5.69 Å². The molecular weight excluding hydrogens is 308 g/mol. The number of aryl methyl sites for hydroxylation is 1. The van der Waals surface area contributed by atoms with Crippen molar-refractivity contribution in [1.82, 2.24) is 14.8 Å². The van der Waals surface area contributed by atoms with E-state index in [4.69, 9.17) is 0 Å². The van der Waals surface area contributed by atoms with E-state index in [0.717, 1.165) is 16.7 Å². The molecule has 0 radical (unpaired) electrons. The first-order valence-electron chi connectivity index (χ1n) is 7.62. The second-order valence-corrected chi connectivity index (χ2v) is 6.42. The average Bonchev–Trinajstić information content (AvgIpc) is 2.90. The molecule has 1 aromatic heterocycles. The summed E-state index contributed by atoms with van der Waals surface area (Å²) in [5, 5.41) is 8.76. The Morgan fingerprint density at radius 2 is 2.09 bits per heavy atom. The number of hydrogen-bond acceptors (Lipinski definition) is 4. The quantitative estimate of drug-likeness (QED) is 0.577. The predicted octanol–water partition coefficient (Wildman–Crippen LogP) is 3.31. The lowest BCUT2D eigenvalue weighted by Gasteiger charge is -2.24. The van der Waals surface area contributed by atoms with Gasteiger partial charge in [-0.2, -0.15) is 0 Å². The molecule has 1 atom stereocenters. The summed E-state index contributed by atoms with van der Waals surface area (Å²) in [7, 11) is 0. The van der Waals surface area contributed by atoms with E-state index in [1.807, 2.05) is 55.7 Å². The summed E-state index contributed by atoms with van der Waals surface area (Å²) in [6.45, 7) is 10.8. The summed E-state index contributed by atoms with van der Waals surface area (Å²) in [5.41, 5.74) is 0.913. The number of rotatable bonds is 7. The Bertz CT molecular complexity index is 668. The van der Waals surface area contributed by atoms with Crippen LogP contribution in [0.2, 0.25) is 0 Å². The Kier molecular flexibility index (Phi) is 5.98. The van der Waals surface area contributed by atoms with Crippen LogP contribution < -0.4 is 4.90 Å². The van der Waals surface area contributed by atoms with E-state index in [-0.39, 0.29) is 11.2 Å². The van der Waals surface area contributed by atoms with Gasteiger partial charge in [-0.25, -0.2) is 0 Å². The van der Waals surface area contributed by atoms with Gasteiger partial charge in [-0.15, -0.1) is 16.8 Å². The molecule has 1 heterocycles. The second-order valence-electron chi connectivity index (χ2n) is 5.11. The number of para-hydroxylation sites is 1. The van der Waals surface area contributed by atoms with Crippen LogP contribution in [0.25, 0.3) is 0 Å². The molecule has 0 aliphatic heterocycles. The van der Waals surface area contributed by atoms with Gasteiger partial charge in [-0.1, -0.05) is 36.0 Å². The van der Waals surface area contributed by atoms with Gasteiger partial charge in [0.2, 0.25) is 5.91 Å². The van der Waals surface area contributed by atoms with Gasteiger partial charge in [0.15, 0.2) is 5.16 Å². The average molecular weight is 330 g/mol. The highest BCUT2D eigenvalue weighted by Crippen LogP contribution is 2.25. The van der Waals surface area contributed by atoms with Crippen molar-refractivity contribution < 1.29 is 4.79 Å². The van der Waals surface area contributed by atoms with Crippen LogP contribution in [0.5, 0.6) is 0 Å². The third-order valence-corrected chi connectivity index (χ3v) is 4.56. The van der Waals surface area contributed by atoms with Gasteiger partial charge in [0.05, 0.1) is 5.25 Å². The van der Waals surface area contributed by atoms with Gasteiger partial charge >= 0.3 is 0 Å². The monoisotopic (exact) mass is 330 g/mol. The third kappa shape index (κ3) is 4.01. The van der Waals surface area contributed by atoms with Crippen LogP contribution in [-0.4, -0.2) is 32.5 Å². The molecule has 1 unspecified atom stereocenters. The zero-order chi connectivity index (χ0) is 16.8. The van der Waals surface area contributed by atoms with Crippen LogP contribution in [0, 0.1) is 6.92 Å². The fourth-order valence-electron chi connectivity index (χ4n) is 2.29. The molecule has 0 spiro atoms. The van der Waals surface area contributed by atoms with Crippen molar-refractivity contribution in [2.45, 2.75) is 37.7 Å². The van der Waals surface area contributed by atoms with E-state index < -0.39 is 0 Å². The lowest BCUT2D eigenvalue weighted by Crippen LogP contribution is -2.36. The maximum Gasteiger partial charge on any atom is 0.240 e. The van der Waals surface area contributed by atoms with Gasteiger partial charge in [0.25, 0.3) is 0 Å². The van der Waals surface area contributed by atoms with Crippen molar-refractivity contribution in [3.05, 3.63) is 48.8 Å². The number of carbonyl (C=O) groups excluding carboxylic acids is 1. The van der Waals surface area contributed by atoms with Crippen molar-refractivity contribution in [2.75, 3.05) is 11.4 Å². The number of benzene rings is 1. The number of nitrogens with zero attached hydrogens (tertiary/aromatic N) is 4. The summed E-state index contributed by atoms with van der Waals surface area (Å²) >= 11 is 1.43. The van der Waals surface area contributed by atoms with Crippen molar-refractivity contribution in [1.29, 1.82) is 0 Å². The normalized spacial score (nSPS) is 12.0. The highest BCUT2D eigenvalue weighted by atomic mass is 32.2. The summed E-state index contributed by atoms with van der Waals surface area (Å²) in [6.07, 6.45) is 1.80. The van der Waals surface area contributed by atoms with E-state index in [1.165, 1.54) is 11.8 Å². The van der Waals surface area contributed by atoms with E-state index >= 15 is 0 Å². The van der Waals surface area contributed by atoms with E-state index in [0.29, 0.717) is 13.1 Å². The predicted molar refractivity (Wildman–Crippen MR) is 94.7 cm³/mol. The largest absolute Gasteiger partial charge is 0.312 e. The van der Waals surface area contributed by atoms with Crippen LogP contribution in [0.15, 0.2) is 48.1 Å². The number of carbonyl (C=O) groups is 1. The molecule has 5 nitrogen and oxygen atoms in total. The molecule has 0 fully saturated rings. The Labute approximate surface area is 141 Å². The Balaban J connectivity index is 2.15. The Morgan fingerprint density at radius 1 is 1.39 bits per heavy atom. The summed E-state index contributed by atoms with van der Waals surface area (Å²) < 4.78 is 1.96. The first-order valence-corrected chi connectivity index (χ1v) is 8.50. The first-order chi connectivity index (χ1) is 11.1.